The lowest BCUT2D eigenvalue weighted by molar-refractivity contribution is -0.197. The second kappa shape index (κ2) is 24.5. The maximum atomic E-state index is 12.9. The Hall–Kier alpha value is -2.06. The van der Waals surface area contributed by atoms with Crippen LogP contribution in [0.2, 0.25) is 0 Å². The van der Waals surface area contributed by atoms with Gasteiger partial charge in [0.05, 0.1) is 12.7 Å². The first-order valence-electron chi connectivity index (χ1n) is 16.4. The van der Waals surface area contributed by atoms with Gasteiger partial charge in [0.1, 0.15) is 30.3 Å². The largest absolute Gasteiger partial charge is 0.512 e. The summed E-state index contributed by atoms with van der Waals surface area (Å²) >= 11 is 0. The minimum atomic E-state index is -1.29. The molecule has 41 heavy (non-hydrogen) atoms. The molecule has 0 radical (unpaired) electrons. The van der Waals surface area contributed by atoms with E-state index in [2.05, 4.69) is 19.2 Å². The summed E-state index contributed by atoms with van der Waals surface area (Å²) in [6.07, 6.45) is 20.3. The highest BCUT2D eigenvalue weighted by molar-refractivity contribution is 5.98. The van der Waals surface area contributed by atoms with Gasteiger partial charge in [0, 0.05) is 13.0 Å². The quantitative estimate of drug-likeness (QED) is 0.0579. The SMILES string of the molecule is C/C=C\O[C@H]1O/C(=C/O)[C@@H](O)[C@H](OCCCCCCCCCC)[C@H]1NC(=O)CC(=O)CCCCCCCCCCC. The van der Waals surface area contributed by atoms with Gasteiger partial charge in [-0.15, -0.1) is 0 Å². The summed E-state index contributed by atoms with van der Waals surface area (Å²) in [5, 5.41) is 23.3. The van der Waals surface area contributed by atoms with Crippen LogP contribution in [-0.2, 0) is 23.8 Å². The van der Waals surface area contributed by atoms with Crippen LogP contribution in [0.4, 0.5) is 0 Å². The van der Waals surface area contributed by atoms with Gasteiger partial charge < -0.3 is 29.7 Å². The molecule has 0 spiro atoms. The minimum absolute atomic E-state index is 0.0904. The van der Waals surface area contributed by atoms with Crippen LogP contribution in [0, 0.1) is 0 Å². The van der Waals surface area contributed by atoms with Gasteiger partial charge in [-0.1, -0.05) is 116 Å². The number of rotatable bonds is 25. The van der Waals surface area contributed by atoms with Crippen molar-refractivity contribution >= 4 is 11.7 Å². The topological polar surface area (TPSA) is 114 Å². The van der Waals surface area contributed by atoms with Gasteiger partial charge in [0.2, 0.25) is 5.91 Å². The highest BCUT2D eigenvalue weighted by Crippen LogP contribution is 2.27. The van der Waals surface area contributed by atoms with Crippen molar-refractivity contribution in [3.8, 4) is 0 Å². The first kappa shape index (κ1) is 37.0. The van der Waals surface area contributed by atoms with E-state index in [-0.39, 0.29) is 18.0 Å². The average molecular weight is 582 g/mol. The second-order valence-corrected chi connectivity index (χ2v) is 11.3. The van der Waals surface area contributed by atoms with Crippen molar-refractivity contribution in [2.45, 2.75) is 167 Å². The summed E-state index contributed by atoms with van der Waals surface area (Å²) < 4.78 is 17.3. The molecule has 1 aliphatic rings. The van der Waals surface area contributed by atoms with Crippen LogP contribution >= 0.6 is 0 Å². The first-order chi connectivity index (χ1) is 20.0. The Bertz CT molecular complexity index is 739. The Kier molecular flexibility index (Phi) is 22.1. The first-order valence-corrected chi connectivity index (χ1v) is 16.4. The zero-order valence-electron chi connectivity index (χ0n) is 26.1. The summed E-state index contributed by atoms with van der Waals surface area (Å²) in [6.45, 7) is 6.58. The molecule has 238 valence electrons. The summed E-state index contributed by atoms with van der Waals surface area (Å²) in [4.78, 5) is 25.4. The molecule has 0 aliphatic carbocycles. The lowest BCUT2D eigenvalue weighted by Crippen LogP contribution is -2.61. The molecule has 1 rings (SSSR count). The predicted molar refractivity (Wildman–Crippen MR) is 163 cm³/mol. The number of aliphatic hydroxyl groups is 2. The molecule has 1 fully saturated rings. The van der Waals surface area contributed by atoms with Crippen LogP contribution in [0.1, 0.15) is 143 Å². The van der Waals surface area contributed by atoms with Gasteiger partial charge in [-0.2, -0.15) is 0 Å². The van der Waals surface area contributed by atoms with Crippen molar-refractivity contribution in [3.63, 3.8) is 0 Å². The van der Waals surface area contributed by atoms with Gasteiger partial charge in [-0.05, 0) is 19.8 Å². The van der Waals surface area contributed by atoms with E-state index in [1.54, 1.807) is 13.0 Å². The van der Waals surface area contributed by atoms with E-state index in [1.807, 2.05) is 0 Å². The molecule has 0 aromatic carbocycles. The van der Waals surface area contributed by atoms with E-state index in [1.165, 1.54) is 76.9 Å². The fourth-order valence-corrected chi connectivity index (χ4v) is 5.10. The second-order valence-electron chi connectivity index (χ2n) is 11.3. The van der Waals surface area contributed by atoms with Crippen LogP contribution in [0.25, 0.3) is 0 Å². The number of aliphatic hydroxyl groups excluding tert-OH is 2. The van der Waals surface area contributed by atoms with Crippen LogP contribution < -0.4 is 5.32 Å². The van der Waals surface area contributed by atoms with E-state index in [4.69, 9.17) is 14.2 Å². The molecule has 0 aromatic heterocycles. The Balaban J connectivity index is 2.58. The van der Waals surface area contributed by atoms with Crippen LogP contribution in [0.5, 0.6) is 0 Å². The molecule has 1 amide bonds. The predicted octanol–water partition coefficient (Wildman–Crippen LogP) is 7.54. The monoisotopic (exact) mass is 581 g/mol. The lowest BCUT2D eigenvalue weighted by Gasteiger charge is -2.41. The number of hydrogen-bond acceptors (Lipinski definition) is 7. The number of ketones is 1. The van der Waals surface area contributed by atoms with Crippen molar-refractivity contribution in [1.82, 2.24) is 5.32 Å². The Morgan fingerprint density at radius 3 is 1.93 bits per heavy atom. The van der Waals surface area contributed by atoms with Crippen LogP contribution in [0.3, 0.4) is 0 Å². The van der Waals surface area contributed by atoms with Gasteiger partial charge >= 0.3 is 0 Å². The highest BCUT2D eigenvalue weighted by Gasteiger charge is 2.46. The molecule has 1 heterocycles. The molecular weight excluding hydrogens is 522 g/mol. The number of nitrogens with one attached hydrogen (secondary N) is 1. The van der Waals surface area contributed by atoms with Crippen molar-refractivity contribution in [2.24, 2.45) is 0 Å². The highest BCUT2D eigenvalue weighted by atomic mass is 16.7. The molecule has 8 heteroatoms. The van der Waals surface area contributed by atoms with E-state index < -0.39 is 30.4 Å². The molecule has 0 unspecified atom stereocenters. The summed E-state index contributed by atoms with van der Waals surface area (Å²) in [6, 6.07) is -0.869. The molecule has 0 aromatic rings. The van der Waals surface area contributed by atoms with E-state index >= 15 is 0 Å². The molecule has 3 N–H and O–H groups in total. The Labute approximate surface area is 249 Å². The average Bonchev–Trinajstić information content (AvgIpc) is 2.96. The van der Waals surface area contributed by atoms with Gasteiger partial charge in [-0.3, -0.25) is 9.59 Å². The summed E-state index contributed by atoms with van der Waals surface area (Å²) in [5.74, 6) is -0.661. The third-order valence-electron chi connectivity index (χ3n) is 7.53. The number of amides is 1. The summed E-state index contributed by atoms with van der Waals surface area (Å²) in [5.41, 5.74) is 0. The number of unbranched alkanes of at least 4 members (excludes halogenated alkanes) is 15. The number of carbonyl (C=O) groups is 2. The van der Waals surface area contributed by atoms with Crippen molar-refractivity contribution in [2.75, 3.05) is 6.61 Å². The molecule has 0 bridgehead atoms. The van der Waals surface area contributed by atoms with Crippen LogP contribution in [0.15, 0.2) is 24.4 Å². The zero-order chi connectivity index (χ0) is 30.1. The molecule has 8 nitrogen and oxygen atoms in total. The maximum absolute atomic E-state index is 12.9. The van der Waals surface area contributed by atoms with E-state index in [0.29, 0.717) is 19.3 Å². The fourth-order valence-electron chi connectivity index (χ4n) is 5.10. The van der Waals surface area contributed by atoms with Crippen molar-refractivity contribution in [3.05, 3.63) is 24.4 Å². The minimum Gasteiger partial charge on any atom is -0.512 e. The maximum Gasteiger partial charge on any atom is 0.262 e. The third kappa shape index (κ3) is 16.8. The van der Waals surface area contributed by atoms with Gasteiger partial charge in [0.15, 0.2) is 5.76 Å². The van der Waals surface area contributed by atoms with E-state index in [0.717, 1.165) is 38.5 Å². The standard InChI is InChI=1S/C33H59NO7/c1-4-7-9-11-13-15-16-18-20-22-27(36)25-29(37)34-30-32(39-24-21-19-17-14-12-10-8-5-2)31(38)28(26-35)41-33(30)40-23-6-3/h6,23,26,30-33,35,38H,4-5,7-22,24-25H2,1-3H3,(H,34,37)/b23-6-,28-26+/t30-,31-,32-,33+/m1/s1. The fraction of sp³-hybridized carbons (Fsp3) is 0.818. The Morgan fingerprint density at radius 1 is 0.854 bits per heavy atom. The molecule has 1 saturated heterocycles. The third-order valence-corrected chi connectivity index (χ3v) is 7.53. The Morgan fingerprint density at radius 2 is 1.39 bits per heavy atom. The normalized spacial score (nSPS) is 21.7. The van der Waals surface area contributed by atoms with E-state index in [9.17, 15) is 19.8 Å². The zero-order valence-corrected chi connectivity index (χ0v) is 26.1. The van der Waals surface area contributed by atoms with Crippen molar-refractivity contribution in [1.29, 1.82) is 0 Å². The number of Topliss-reactive ketones (excluding diaryl/α,β-unsaturated/α-hetero) is 1. The number of carbonyl (C=O) groups excluding carboxylic acids is 2. The smallest absolute Gasteiger partial charge is 0.262 e. The van der Waals surface area contributed by atoms with Gasteiger partial charge in [-0.25, -0.2) is 0 Å². The van der Waals surface area contributed by atoms with Crippen molar-refractivity contribution < 1.29 is 34.0 Å². The lowest BCUT2D eigenvalue weighted by atomic mass is 9.99. The molecular formula is C33H59NO7. The summed E-state index contributed by atoms with van der Waals surface area (Å²) in [7, 11) is 0. The molecule has 4 atom stereocenters. The number of ether oxygens (including phenoxy) is 3. The molecule has 0 saturated carbocycles. The van der Waals surface area contributed by atoms with Gasteiger partial charge in [0.25, 0.3) is 6.29 Å². The van der Waals surface area contributed by atoms with Crippen LogP contribution in [-0.4, -0.2) is 53.1 Å². The number of hydrogen-bond donors (Lipinski definition) is 3. The molecule has 1 aliphatic heterocycles. The number of allylic oxidation sites excluding steroid dienone is 1.